The molecule has 8 heteroatoms. The average Bonchev–Trinajstić information content (AvgIpc) is 3.12. The molecule has 23 heavy (non-hydrogen) atoms. The van der Waals surface area contributed by atoms with Gasteiger partial charge in [-0.1, -0.05) is 0 Å². The standard InChI is InChI=1S/C15H13BrN4OS2/c1-2-21-11-5-3-10(4-6-11)14-18-19-15(22)20(14)17-9-12-7-8-13(16)23-12/h3-9H,2H2,1H3,(H,19,22). The number of aromatic amines is 1. The van der Waals surface area contributed by atoms with Crippen molar-refractivity contribution in [1.29, 1.82) is 0 Å². The summed E-state index contributed by atoms with van der Waals surface area (Å²) in [6.07, 6.45) is 1.76. The predicted molar refractivity (Wildman–Crippen MR) is 99.0 cm³/mol. The Morgan fingerprint density at radius 3 is 2.78 bits per heavy atom. The van der Waals surface area contributed by atoms with E-state index in [0.717, 1.165) is 20.0 Å². The van der Waals surface area contributed by atoms with Crippen molar-refractivity contribution >= 4 is 45.7 Å². The van der Waals surface area contributed by atoms with Crippen LogP contribution in [0.2, 0.25) is 0 Å². The van der Waals surface area contributed by atoms with E-state index in [4.69, 9.17) is 17.0 Å². The summed E-state index contributed by atoms with van der Waals surface area (Å²) >= 11 is 10.3. The van der Waals surface area contributed by atoms with Gasteiger partial charge in [0.25, 0.3) is 0 Å². The lowest BCUT2D eigenvalue weighted by Crippen LogP contribution is -1.95. The molecule has 0 unspecified atom stereocenters. The zero-order chi connectivity index (χ0) is 16.2. The van der Waals surface area contributed by atoms with Crippen LogP contribution in [0.1, 0.15) is 11.8 Å². The average molecular weight is 409 g/mol. The van der Waals surface area contributed by atoms with Crippen LogP contribution in [0.4, 0.5) is 0 Å². The van der Waals surface area contributed by atoms with Crippen molar-refractivity contribution in [1.82, 2.24) is 14.9 Å². The lowest BCUT2D eigenvalue weighted by Gasteiger charge is -2.04. The molecule has 0 aliphatic carbocycles. The van der Waals surface area contributed by atoms with Crippen LogP contribution in [-0.2, 0) is 0 Å². The number of halogens is 1. The zero-order valence-electron chi connectivity index (χ0n) is 12.2. The number of H-pyrrole nitrogens is 1. The van der Waals surface area contributed by atoms with Gasteiger partial charge in [-0.15, -0.1) is 11.3 Å². The second kappa shape index (κ2) is 7.20. The van der Waals surface area contributed by atoms with Crippen molar-refractivity contribution in [3.63, 3.8) is 0 Å². The maximum atomic E-state index is 5.45. The summed E-state index contributed by atoms with van der Waals surface area (Å²) in [5.74, 6) is 1.48. The van der Waals surface area contributed by atoms with Crippen LogP contribution >= 0.6 is 39.5 Å². The number of rotatable bonds is 5. The van der Waals surface area contributed by atoms with Gasteiger partial charge < -0.3 is 4.74 Å². The number of nitrogens with zero attached hydrogens (tertiary/aromatic N) is 3. The highest BCUT2D eigenvalue weighted by Gasteiger charge is 2.08. The number of hydrogen-bond donors (Lipinski definition) is 1. The van der Waals surface area contributed by atoms with E-state index in [1.165, 1.54) is 0 Å². The van der Waals surface area contributed by atoms with Crippen LogP contribution in [0, 0.1) is 4.77 Å². The molecule has 0 spiro atoms. The van der Waals surface area contributed by atoms with Gasteiger partial charge in [-0.05, 0) is 71.5 Å². The highest BCUT2D eigenvalue weighted by molar-refractivity contribution is 9.11. The highest BCUT2D eigenvalue weighted by Crippen LogP contribution is 2.22. The maximum Gasteiger partial charge on any atom is 0.216 e. The van der Waals surface area contributed by atoms with Crippen molar-refractivity contribution in [3.05, 3.63) is 49.8 Å². The molecule has 0 bridgehead atoms. The van der Waals surface area contributed by atoms with Gasteiger partial charge in [-0.3, -0.25) is 0 Å². The molecule has 0 aliphatic heterocycles. The van der Waals surface area contributed by atoms with Gasteiger partial charge in [0, 0.05) is 10.4 Å². The van der Waals surface area contributed by atoms with Crippen LogP contribution in [0.5, 0.6) is 5.75 Å². The van der Waals surface area contributed by atoms with E-state index in [9.17, 15) is 0 Å². The molecule has 0 saturated heterocycles. The van der Waals surface area contributed by atoms with E-state index in [2.05, 4.69) is 31.2 Å². The molecule has 1 N–H and O–H groups in total. The molecule has 0 radical (unpaired) electrons. The summed E-state index contributed by atoms with van der Waals surface area (Å²) in [6.45, 7) is 2.59. The SMILES string of the molecule is CCOc1ccc(-c2n[nH]c(=S)n2N=Cc2ccc(Br)s2)cc1. The Labute approximate surface area is 150 Å². The van der Waals surface area contributed by atoms with Gasteiger partial charge in [-0.2, -0.15) is 14.9 Å². The van der Waals surface area contributed by atoms with E-state index < -0.39 is 0 Å². The normalized spacial score (nSPS) is 11.2. The summed E-state index contributed by atoms with van der Waals surface area (Å²) in [6, 6.07) is 11.6. The smallest absolute Gasteiger partial charge is 0.216 e. The molecule has 0 amide bonds. The van der Waals surface area contributed by atoms with E-state index >= 15 is 0 Å². The number of aromatic nitrogens is 3. The minimum atomic E-state index is 0.445. The molecule has 0 atom stereocenters. The largest absolute Gasteiger partial charge is 0.494 e. The van der Waals surface area contributed by atoms with Gasteiger partial charge in [0.1, 0.15) is 5.75 Å². The number of hydrogen-bond acceptors (Lipinski definition) is 5. The Bertz CT molecular complexity index is 880. The minimum Gasteiger partial charge on any atom is -0.494 e. The van der Waals surface area contributed by atoms with Crippen LogP contribution in [0.15, 0.2) is 45.3 Å². The molecule has 2 aromatic heterocycles. The first kappa shape index (κ1) is 16.1. The third kappa shape index (κ3) is 3.77. The van der Waals surface area contributed by atoms with E-state index in [1.807, 2.05) is 43.3 Å². The van der Waals surface area contributed by atoms with Crippen molar-refractivity contribution in [2.45, 2.75) is 6.92 Å². The summed E-state index contributed by atoms with van der Waals surface area (Å²) in [5.41, 5.74) is 0.908. The molecule has 0 aliphatic rings. The van der Waals surface area contributed by atoms with E-state index in [1.54, 1.807) is 22.2 Å². The zero-order valence-corrected chi connectivity index (χ0v) is 15.4. The Hall–Kier alpha value is -1.77. The number of thiophene rings is 1. The van der Waals surface area contributed by atoms with Gasteiger partial charge in [0.15, 0.2) is 5.82 Å². The second-order valence-corrected chi connectivity index (χ2v) is 7.39. The second-order valence-electron chi connectivity index (χ2n) is 4.51. The van der Waals surface area contributed by atoms with E-state index in [-0.39, 0.29) is 0 Å². The number of nitrogens with one attached hydrogen (secondary N) is 1. The Kier molecular flexibility index (Phi) is 5.04. The fraction of sp³-hybridized carbons (Fsp3) is 0.133. The molecular weight excluding hydrogens is 396 g/mol. The molecule has 5 nitrogen and oxygen atoms in total. The van der Waals surface area contributed by atoms with Crippen LogP contribution in [-0.4, -0.2) is 27.7 Å². The first-order valence-electron chi connectivity index (χ1n) is 6.87. The minimum absolute atomic E-state index is 0.445. The molecule has 3 rings (SSSR count). The maximum absolute atomic E-state index is 5.45. The fourth-order valence-electron chi connectivity index (χ4n) is 1.96. The fourth-order valence-corrected chi connectivity index (χ4v) is 3.43. The third-order valence-corrected chi connectivity index (χ3v) is 4.79. The first-order chi connectivity index (χ1) is 11.2. The summed E-state index contributed by atoms with van der Waals surface area (Å²) < 4.78 is 8.56. The quantitative estimate of drug-likeness (QED) is 0.491. The molecule has 0 fully saturated rings. The van der Waals surface area contributed by atoms with Gasteiger partial charge in [0.05, 0.1) is 16.6 Å². The summed E-state index contributed by atoms with van der Waals surface area (Å²) in [7, 11) is 0. The molecular formula is C15H13BrN4OS2. The third-order valence-electron chi connectivity index (χ3n) is 2.97. The highest BCUT2D eigenvalue weighted by atomic mass is 79.9. The molecule has 2 heterocycles. The van der Waals surface area contributed by atoms with Crippen molar-refractivity contribution < 1.29 is 4.74 Å². The first-order valence-corrected chi connectivity index (χ1v) is 8.89. The lowest BCUT2D eigenvalue weighted by molar-refractivity contribution is 0.340. The Morgan fingerprint density at radius 1 is 1.35 bits per heavy atom. The lowest BCUT2D eigenvalue weighted by atomic mass is 10.2. The molecule has 0 saturated carbocycles. The topological polar surface area (TPSA) is 55.2 Å². The number of benzene rings is 1. The monoisotopic (exact) mass is 408 g/mol. The van der Waals surface area contributed by atoms with Gasteiger partial charge in [0.2, 0.25) is 4.77 Å². The molecule has 3 aromatic rings. The van der Waals surface area contributed by atoms with Crippen molar-refractivity contribution in [3.8, 4) is 17.1 Å². The summed E-state index contributed by atoms with van der Waals surface area (Å²) in [4.78, 5) is 1.03. The summed E-state index contributed by atoms with van der Waals surface area (Å²) in [5, 5.41) is 11.5. The van der Waals surface area contributed by atoms with Crippen LogP contribution in [0.25, 0.3) is 11.4 Å². The Balaban J connectivity index is 1.92. The molecule has 118 valence electrons. The molecule has 1 aromatic carbocycles. The predicted octanol–water partition coefficient (Wildman–Crippen LogP) is 4.71. The van der Waals surface area contributed by atoms with E-state index in [0.29, 0.717) is 17.2 Å². The van der Waals surface area contributed by atoms with Crippen LogP contribution < -0.4 is 4.74 Å². The van der Waals surface area contributed by atoms with Crippen molar-refractivity contribution in [2.75, 3.05) is 6.61 Å². The number of ether oxygens (including phenoxy) is 1. The van der Waals surface area contributed by atoms with Crippen LogP contribution in [0.3, 0.4) is 0 Å². The van der Waals surface area contributed by atoms with Gasteiger partial charge >= 0.3 is 0 Å². The van der Waals surface area contributed by atoms with Crippen molar-refractivity contribution in [2.24, 2.45) is 5.10 Å². The Morgan fingerprint density at radius 2 is 2.13 bits per heavy atom. The van der Waals surface area contributed by atoms with Gasteiger partial charge in [-0.25, -0.2) is 5.10 Å².